The molecule has 3 aromatic heterocycles. The number of nitrogens with zero attached hydrogens (tertiary/aromatic N) is 13. The molecule has 0 radical (unpaired) electrons. The summed E-state index contributed by atoms with van der Waals surface area (Å²) in [7, 11) is 0. The minimum atomic E-state index is -1.52. The molecule has 1 spiro atoms. The van der Waals surface area contributed by atoms with Crippen LogP contribution in [0.1, 0.15) is 118 Å². The number of hydrogen-bond donors (Lipinski definition) is 8. The largest absolute Gasteiger partial charge is 0.456 e. The molecule has 0 saturated carbocycles. The van der Waals surface area contributed by atoms with Crippen molar-refractivity contribution in [1.29, 1.82) is 0 Å². The highest BCUT2D eigenvalue weighted by molar-refractivity contribution is 6.03. The minimum Gasteiger partial charge on any atom is -0.456 e. The van der Waals surface area contributed by atoms with Gasteiger partial charge in [-0.05, 0) is 86.3 Å². The van der Waals surface area contributed by atoms with E-state index in [0.29, 0.717) is 75.4 Å². The Morgan fingerprint density at radius 1 is 0.600 bits per heavy atom. The fraction of sp³-hybridized carbons (Fsp3) is 0.585. The third kappa shape index (κ3) is 12.2. The van der Waals surface area contributed by atoms with Gasteiger partial charge >= 0.3 is 0 Å². The van der Waals surface area contributed by atoms with E-state index in [4.69, 9.17) is 28.4 Å². The third-order valence-electron chi connectivity index (χ3n) is 19.7. The van der Waals surface area contributed by atoms with E-state index >= 15 is 4.79 Å². The van der Waals surface area contributed by atoms with Gasteiger partial charge in [0.05, 0.1) is 88.9 Å². The summed E-state index contributed by atoms with van der Waals surface area (Å²) in [6.07, 6.45) is 2.21. The number of benzene rings is 3. The van der Waals surface area contributed by atoms with Crippen molar-refractivity contribution in [3.8, 4) is 11.5 Å². The second kappa shape index (κ2) is 27.5. The zero-order valence-corrected chi connectivity index (χ0v) is 53.3. The molecule has 3 aromatic carbocycles. The summed E-state index contributed by atoms with van der Waals surface area (Å²) < 4.78 is 41.8. The predicted octanol–water partition coefficient (Wildman–Crippen LogP) is -0.103. The van der Waals surface area contributed by atoms with Gasteiger partial charge in [-0.3, -0.25) is 19.3 Å². The number of fused-ring (bicyclic) bond motifs is 8. The number of ether oxygens (including phenoxy) is 6. The summed E-state index contributed by atoms with van der Waals surface area (Å²) >= 11 is 0. The number of carbonyl (C=O) groups excluding carboxylic acids is 3. The first-order chi connectivity index (χ1) is 46.2. The molecule has 0 aliphatic carbocycles. The molecule has 11 heterocycles. The fourth-order valence-corrected chi connectivity index (χ4v) is 15.6. The Morgan fingerprint density at radius 2 is 1.06 bits per heavy atom. The van der Waals surface area contributed by atoms with Crippen LogP contribution >= 0.6 is 0 Å². The lowest BCUT2D eigenvalue weighted by Crippen LogP contribution is -2.62. The van der Waals surface area contributed by atoms with E-state index in [0.717, 1.165) is 106 Å². The first kappa shape index (κ1) is 64.7. The summed E-state index contributed by atoms with van der Waals surface area (Å²) in [6, 6.07) is 10.7. The number of aryl methyl sites for hydroxylation is 2. The van der Waals surface area contributed by atoms with E-state index in [1.807, 2.05) is 17.0 Å². The average molecular weight is 1310 g/mol. The smallest absolute Gasteiger partial charge is 0.255 e. The highest BCUT2D eigenvalue weighted by Crippen LogP contribution is 2.63. The maximum Gasteiger partial charge on any atom is 0.255 e. The van der Waals surface area contributed by atoms with E-state index in [-0.39, 0.29) is 25.5 Å². The minimum absolute atomic E-state index is 0.00923. The molecule has 10 atom stereocenters. The van der Waals surface area contributed by atoms with Crippen LogP contribution in [0.2, 0.25) is 0 Å². The zero-order valence-electron chi connectivity index (χ0n) is 53.3. The molecular weight excluding hydrogens is 1230 g/mol. The van der Waals surface area contributed by atoms with Crippen LogP contribution < -0.4 is 25.2 Å². The Labute approximate surface area is 547 Å². The van der Waals surface area contributed by atoms with Crippen LogP contribution in [0.25, 0.3) is 0 Å². The van der Waals surface area contributed by atoms with Gasteiger partial charge in [-0.25, -0.2) is 14.0 Å². The predicted molar refractivity (Wildman–Crippen MR) is 335 cm³/mol. The molecular formula is C65H83N15O15. The van der Waals surface area contributed by atoms with Gasteiger partial charge in [0.25, 0.3) is 5.91 Å². The molecule has 30 nitrogen and oxygen atoms in total. The monoisotopic (exact) mass is 1310 g/mol. The number of amides is 3. The van der Waals surface area contributed by atoms with Gasteiger partial charge in [0.1, 0.15) is 65.7 Å². The average Bonchev–Trinajstić information content (AvgIpc) is 1.60. The van der Waals surface area contributed by atoms with Crippen molar-refractivity contribution in [2.45, 2.75) is 158 Å². The van der Waals surface area contributed by atoms with Crippen LogP contribution in [0.15, 0.2) is 55.0 Å². The van der Waals surface area contributed by atoms with Crippen LogP contribution in [0, 0.1) is 0 Å². The summed E-state index contributed by atoms with van der Waals surface area (Å²) in [6.45, 7) is 8.39. The second-order valence-corrected chi connectivity index (χ2v) is 25.9. The van der Waals surface area contributed by atoms with Gasteiger partial charge in [0.15, 0.2) is 12.5 Å². The van der Waals surface area contributed by atoms with Crippen LogP contribution in [0.5, 0.6) is 11.5 Å². The molecule has 6 aromatic rings. The van der Waals surface area contributed by atoms with Crippen molar-refractivity contribution >= 4 is 29.1 Å². The molecule has 2 fully saturated rings. The van der Waals surface area contributed by atoms with Crippen LogP contribution in [-0.2, 0) is 90.7 Å². The molecule has 3 amide bonds. The third-order valence-corrected chi connectivity index (χ3v) is 19.7. The second-order valence-electron chi connectivity index (χ2n) is 25.9. The zero-order chi connectivity index (χ0) is 65.6. The Kier molecular flexibility index (Phi) is 18.7. The maximum absolute atomic E-state index is 15.2. The highest BCUT2D eigenvalue weighted by Gasteiger charge is 2.58. The molecule has 2 saturated heterocycles. The molecule has 0 bridgehead atoms. The van der Waals surface area contributed by atoms with Crippen molar-refractivity contribution in [1.82, 2.24) is 65.4 Å². The molecule has 508 valence electrons. The summed E-state index contributed by atoms with van der Waals surface area (Å²) in [5.74, 6) is 0.841. The van der Waals surface area contributed by atoms with Crippen LogP contribution in [0.3, 0.4) is 0 Å². The summed E-state index contributed by atoms with van der Waals surface area (Å²) in [5, 5.41) is 94.3. The van der Waals surface area contributed by atoms with E-state index in [1.54, 1.807) is 23.3 Å². The number of nitrogens with one attached hydrogen (secondary N) is 2. The lowest BCUT2D eigenvalue weighted by atomic mass is 9.70. The number of carbonyl (C=O) groups is 3. The molecule has 30 heteroatoms. The van der Waals surface area contributed by atoms with Gasteiger partial charge in [0.2, 0.25) is 11.8 Å². The van der Waals surface area contributed by atoms with Crippen molar-refractivity contribution in [3.63, 3.8) is 0 Å². The Hall–Kier alpha value is -7.59. The number of aliphatic hydroxyl groups is 6. The molecule has 95 heavy (non-hydrogen) atoms. The molecule has 2 unspecified atom stereocenters. The Morgan fingerprint density at radius 3 is 1.57 bits per heavy atom. The first-order valence-corrected chi connectivity index (χ1v) is 33.1. The summed E-state index contributed by atoms with van der Waals surface area (Å²) in [5.41, 5.74) is 12.2. The van der Waals surface area contributed by atoms with Crippen molar-refractivity contribution in [2.75, 3.05) is 95.4 Å². The van der Waals surface area contributed by atoms with Crippen LogP contribution in [-0.4, -0.2) is 237 Å². The van der Waals surface area contributed by atoms with Gasteiger partial charge in [0, 0.05) is 112 Å². The molecule has 8 N–H and O–H groups in total. The van der Waals surface area contributed by atoms with E-state index in [9.17, 15) is 40.2 Å². The maximum atomic E-state index is 15.2. The van der Waals surface area contributed by atoms with Crippen molar-refractivity contribution < 1.29 is 73.4 Å². The normalized spacial score (nSPS) is 25.4. The quantitative estimate of drug-likeness (QED) is 0.0367. The van der Waals surface area contributed by atoms with Crippen molar-refractivity contribution in [2.24, 2.45) is 0 Å². The Bertz CT molecular complexity index is 3610. The van der Waals surface area contributed by atoms with Gasteiger partial charge < -0.3 is 84.4 Å². The van der Waals surface area contributed by atoms with E-state index in [2.05, 4.69) is 80.5 Å². The lowest BCUT2D eigenvalue weighted by molar-refractivity contribution is -0.219. The SMILES string of the molecule is CC(=O)N[C@H]1C(n2cc(CN(Cc3cn(CCOCCOCCOCCN4C(=O)c5ccccc5C45c4cc6c7c(c4Oc4c5cc5c8c4CCCN8CCC5)CCCN7CCC6)nn3)Cc3cn(C4O[C@H](CO)[C@H](O)[C@@H](O)[C@H]4NC(C)=O)nn3)nn2)O[C@H](CO)[C@H](O)[C@H]1O. The number of rotatable bonds is 24. The Balaban J connectivity index is 0.608. The fourth-order valence-electron chi connectivity index (χ4n) is 15.6. The summed E-state index contributed by atoms with van der Waals surface area (Å²) in [4.78, 5) is 48.7. The topological polar surface area (TPSA) is 357 Å². The van der Waals surface area contributed by atoms with Gasteiger partial charge in [-0.2, -0.15) is 0 Å². The van der Waals surface area contributed by atoms with E-state index in [1.165, 1.54) is 56.8 Å². The number of hydrogen-bond acceptors (Lipinski definition) is 24. The molecule has 8 aliphatic rings. The van der Waals surface area contributed by atoms with Crippen molar-refractivity contribution in [3.05, 3.63) is 117 Å². The van der Waals surface area contributed by atoms with Gasteiger partial charge in [-0.15, -0.1) is 15.3 Å². The highest BCUT2D eigenvalue weighted by atomic mass is 16.6. The number of aromatic nitrogens is 9. The lowest BCUT2D eigenvalue weighted by Gasteiger charge is -2.49. The number of anilines is 2. The molecule has 8 aliphatic heterocycles. The molecule has 14 rings (SSSR count). The standard InChI is InChI=1S/C65H83N15O15/c1-37(83)66-52-58(87)56(85)50(35-81)93-63(52)79-33-42(69-72-79)30-74(31-43-34-80(73-70-43)64-53(67-38(2)84)59(88)57(86)51(36-82)94-64)29-41-32-77(71-68-41)19-21-90-23-25-92-26-24-91-22-20-78-62(89)44-11-3-4-14-47(44)65(78)48-27-39-9-5-15-75-17-7-12-45(54(39)75)60(48)95-61-46-13-8-18-76-16-6-10-40(55(46)76)28-49(61)65/h3-4,11,14,27-28,32-34,50-53,56-59,63-64,81-82,85-88H,5-10,12-13,15-26,29-31,35-36H2,1-2H3,(H,66,83)(H,67,84)/t50-,51-,52-,53-,56+,57+,58+,59+,63?,64?/m1/s1. The van der Waals surface area contributed by atoms with E-state index < -0.39 is 91.7 Å². The first-order valence-electron chi connectivity index (χ1n) is 33.1. The number of aliphatic hydroxyl groups excluding tert-OH is 6. The van der Waals surface area contributed by atoms with Gasteiger partial charge in [-0.1, -0.05) is 33.8 Å². The van der Waals surface area contributed by atoms with Crippen LogP contribution in [0.4, 0.5) is 11.4 Å².